The number of rotatable bonds is 6. The number of nitrogens with zero attached hydrogens (tertiary/aromatic N) is 2. The van der Waals surface area contributed by atoms with E-state index in [2.05, 4.69) is 0 Å². The van der Waals surface area contributed by atoms with E-state index in [1.54, 1.807) is 0 Å². The molecule has 0 atom stereocenters. The molecule has 0 radical (unpaired) electrons. The van der Waals surface area contributed by atoms with Crippen LogP contribution in [0.5, 0.6) is 0 Å². The van der Waals surface area contributed by atoms with Crippen molar-refractivity contribution in [3.05, 3.63) is 75.8 Å². The normalized spacial score (nSPS) is 15.3. The largest absolute Gasteiger partial charge is 0.394 e. The molecule has 3 aromatic carbocycles. The Bertz CT molecular complexity index is 1410. The summed E-state index contributed by atoms with van der Waals surface area (Å²) in [7, 11) is 0. The third-order valence-corrected chi connectivity index (χ3v) is 7.28. The van der Waals surface area contributed by atoms with Crippen LogP contribution in [0, 0.1) is 0 Å². The van der Waals surface area contributed by atoms with Crippen molar-refractivity contribution in [3.63, 3.8) is 0 Å². The Morgan fingerprint density at radius 2 is 1.00 bits per heavy atom. The molecule has 5 rings (SSSR count). The van der Waals surface area contributed by atoms with Crippen molar-refractivity contribution in [2.24, 2.45) is 0 Å². The number of aliphatic hydroxyl groups excluding tert-OH is 2. The van der Waals surface area contributed by atoms with Crippen LogP contribution in [0.3, 0.4) is 0 Å². The number of hydrogen-bond donors (Lipinski definition) is 2. The highest BCUT2D eigenvalue weighted by Crippen LogP contribution is 2.43. The van der Waals surface area contributed by atoms with Gasteiger partial charge in [-0.1, -0.05) is 45.9 Å². The maximum Gasteiger partial charge on any atom is 0.266 e. The van der Waals surface area contributed by atoms with Crippen LogP contribution in [0.15, 0.2) is 42.5 Å². The van der Waals surface area contributed by atoms with Crippen molar-refractivity contribution < 1.29 is 29.4 Å². The number of para-hydroxylation sites is 1. The van der Waals surface area contributed by atoms with Crippen molar-refractivity contribution in [3.8, 4) is 0 Å². The fraction of sp³-hybridized carbons (Fsp3) is 0.310. The molecule has 3 aromatic rings. The number of benzene rings is 3. The Kier molecular flexibility index (Phi) is 5.96. The lowest BCUT2D eigenvalue weighted by Gasteiger charge is -2.35. The summed E-state index contributed by atoms with van der Waals surface area (Å²) in [6.45, 7) is 6.85. The molecular formula is C29H28N2O6. The zero-order valence-corrected chi connectivity index (χ0v) is 21.1. The molecule has 0 fully saturated rings. The van der Waals surface area contributed by atoms with Gasteiger partial charge in [-0.3, -0.25) is 24.1 Å². The molecule has 2 heterocycles. The summed E-state index contributed by atoms with van der Waals surface area (Å²) in [6.07, 6.45) is 0. The topological polar surface area (TPSA) is 115 Å². The molecule has 0 saturated carbocycles. The lowest BCUT2D eigenvalue weighted by atomic mass is 9.84. The number of carbonyl (C=O) groups is 4. The molecule has 37 heavy (non-hydrogen) atoms. The summed E-state index contributed by atoms with van der Waals surface area (Å²) in [5.74, 6) is -2.30. The van der Waals surface area contributed by atoms with Gasteiger partial charge in [-0.05, 0) is 47.2 Å². The maximum absolute atomic E-state index is 14.0. The van der Waals surface area contributed by atoms with Gasteiger partial charge in [0.1, 0.15) is 0 Å². The fourth-order valence-electron chi connectivity index (χ4n) is 5.42. The first kappa shape index (κ1) is 24.8. The quantitative estimate of drug-likeness (QED) is 0.497. The lowest BCUT2D eigenvalue weighted by molar-refractivity contribution is 0.0374. The minimum atomic E-state index is -1.10. The van der Waals surface area contributed by atoms with Crippen molar-refractivity contribution in [2.45, 2.75) is 45.6 Å². The lowest BCUT2D eigenvalue weighted by Crippen LogP contribution is -2.50. The first-order valence-electron chi connectivity index (χ1n) is 12.3. The Morgan fingerprint density at radius 1 is 0.622 bits per heavy atom. The predicted octanol–water partition coefficient (Wildman–Crippen LogP) is 3.84. The number of amides is 4. The Morgan fingerprint density at radius 3 is 1.35 bits per heavy atom. The van der Waals surface area contributed by atoms with Crippen molar-refractivity contribution in [1.82, 2.24) is 4.90 Å². The molecular weight excluding hydrogens is 472 g/mol. The monoisotopic (exact) mass is 500 g/mol. The van der Waals surface area contributed by atoms with Gasteiger partial charge >= 0.3 is 0 Å². The average molecular weight is 501 g/mol. The Hall–Kier alpha value is -3.88. The van der Waals surface area contributed by atoms with E-state index in [9.17, 15) is 29.4 Å². The van der Waals surface area contributed by atoms with Gasteiger partial charge in [0.15, 0.2) is 0 Å². The summed E-state index contributed by atoms with van der Waals surface area (Å²) < 4.78 is 0. The van der Waals surface area contributed by atoms with Crippen LogP contribution in [-0.2, 0) is 0 Å². The molecule has 4 amide bonds. The maximum atomic E-state index is 14.0. The third-order valence-electron chi connectivity index (χ3n) is 7.28. The number of aliphatic hydroxyl groups is 2. The summed E-state index contributed by atoms with van der Waals surface area (Å²) >= 11 is 0. The van der Waals surface area contributed by atoms with Crippen LogP contribution in [0.2, 0.25) is 0 Å². The second-order valence-electron chi connectivity index (χ2n) is 10.1. The fourth-order valence-corrected chi connectivity index (χ4v) is 5.42. The minimum absolute atomic E-state index is 0.0540. The van der Waals surface area contributed by atoms with E-state index in [1.807, 2.05) is 45.9 Å². The van der Waals surface area contributed by atoms with E-state index in [0.717, 1.165) is 16.0 Å². The van der Waals surface area contributed by atoms with Crippen LogP contribution in [-0.4, -0.2) is 58.0 Å². The molecule has 8 heteroatoms. The first-order chi connectivity index (χ1) is 17.6. The summed E-state index contributed by atoms with van der Waals surface area (Å²) in [6, 6.07) is 10.7. The number of imide groups is 2. The van der Waals surface area contributed by atoms with Gasteiger partial charge in [-0.15, -0.1) is 0 Å². The van der Waals surface area contributed by atoms with E-state index < -0.39 is 42.9 Å². The van der Waals surface area contributed by atoms with Gasteiger partial charge in [0, 0.05) is 33.0 Å². The van der Waals surface area contributed by atoms with Crippen LogP contribution >= 0.6 is 0 Å². The number of hydrogen-bond acceptors (Lipinski definition) is 6. The first-order valence-corrected chi connectivity index (χ1v) is 12.3. The molecule has 2 aliphatic rings. The van der Waals surface area contributed by atoms with Gasteiger partial charge < -0.3 is 10.2 Å². The van der Waals surface area contributed by atoms with Gasteiger partial charge in [0.05, 0.1) is 24.9 Å². The van der Waals surface area contributed by atoms with E-state index >= 15 is 0 Å². The molecule has 0 spiro atoms. The highest BCUT2D eigenvalue weighted by molar-refractivity contribution is 6.39. The summed E-state index contributed by atoms with van der Waals surface area (Å²) in [5, 5.41) is 19.8. The number of anilines is 1. The van der Waals surface area contributed by atoms with E-state index in [0.29, 0.717) is 5.69 Å². The smallest absolute Gasteiger partial charge is 0.266 e. The Labute approximate surface area is 214 Å². The van der Waals surface area contributed by atoms with Crippen molar-refractivity contribution in [1.29, 1.82) is 0 Å². The summed E-state index contributed by atoms with van der Waals surface area (Å²) in [5.41, 5.74) is 3.08. The van der Waals surface area contributed by atoms with Crippen molar-refractivity contribution in [2.75, 3.05) is 18.1 Å². The standard InChI is InChI=1S/C29H28N2O6/c1-14(2)17-6-5-7-18(15(3)4)25(17)31-28(36)21-10-8-19-23-20(9-11-22(24(21)23)29(31)37)27(35)30(26(19)34)16(12-32)13-33/h5-11,14-16,32-33H,12-13H2,1-4H3. The van der Waals surface area contributed by atoms with Gasteiger partial charge in [0.2, 0.25) is 0 Å². The zero-order chi connectivity index (χ0) is 26.8. The molecule has 0 bridgehead atoms. The molecule has 0 unspecified atom stereocenters. The number of carbonyl (C=O) groups excluding carboxylic acids is 4. The van der Waals surface area contributed by atoms with Crippen molar-refractivity contribution >= 4 is 40.1 Å². The highest BCUT2D eigenvalue weighted by atomic mass is 16.3. The summed E-state index contributed by atoms with van der Waals surface area (Å²) in [4.78, 5) is 56.6. The van der Waals surface area contributed by atoms with E-state index in [1.165, 1.54) is 29.2 Å². The molecule has 0 aromatic heterocycles. The van der Waals surface area contributed by atoms with Crippen LogP contribution < -0.4 is 4.90 Å². The van der Waals surface area contributed by atoms with Crippen LogP contribution in [0.1, 0.15) is 92.1 Å². The second-order valence-corrected chi connectivity index (χ2v) is 10.1. The SMILES string of the molecule is CC(C)c1cccc(C(C)C)c1N1C(=O)c2ccc3c4c(ccc(c24)C1=O)C(=O)N(C(CO)CO)C3=O. The van der Waals surface area contributed by atoms with Gasteiger partial charge in [0.25, 0.3) is 23.6 Å². The predicted molar refractivity (Wildman–Crippen MR) is 138 cm³/mol. The van der Waals surface area contributed by atoms with Crippen LogP contribution in [0.25, 0.3) is 10.8 Å². The molecule has 190 valence electrons. The zero-order valence-electron chi connectivity index (χ0n) is 21.1. The average Bonchev–Trinajstić information content (AvgIpc) is 2.88. The molecule has 2 N–H and O–H groups in total. The molecule has 0 saturated heterocycles. The molecule has 8 nitrogen and oxygen atoms in total. The van der Waals surface area contributed by atoms with E-state index in [-0.39, 0.29) is 44.9 Å². The second kappa shape index (κ2) is 8.90. The third kappa shape index (κ3) is 3.43. The van der Waals surface area contributed by atoms with Gasteiger partial charge in [-0.25, -0.2) is 4.90 Å². The Balaban J connectivity index is 1.76. The van der Waals surface area contributed by atoms with Crippen LogP contribution in [0.4, 0.5) is 5.69 Å². The highest BCUT2D eigenvalue weighted by Gasteiger charge is 2.42. The van der Waals surface area contributed by atoms with E-state index in [4.69, 9.17) is 0 Å². The molecule has 0 aliphatic carbocycles. The van der Waals surface area contributed by atoms with Gasteiger partial charge in [-0.2, -0.15) is 0 Å². The minimum Gasteiger partial charge on any atom is -0.394 e. The molecule has 2 aliphatic heterocycles.